The van der Waals surface area contributed by atoms with E-state index in [0.717, 1.165) is 30.2 Å². The smallest absolute Gasteiger partial charge is 0.0834 e. The average Bonchev–Trinajstić information content (AvgIpc) is 2.82. The summed E-state index contributed by atoms with van der Waals surface area (Å²) in [4.78, 5) is 2.17. The Morgan fingerprint density at radius 1 is 1.38 bits per heavy atom. The fourth-order valence-corrected chi connectivity index (χ4v) is 3.08. The van der Waals surface area contributed by atoms with Crippen molar-refractivity contribution in [3.63, 3.8) is 0 Å². The van der Waals surface area contributed by atoms with Gasteiger partial charge in [0.25, 0.3) is 0 Å². The van der Waals surface area contributed by atoms with Crippen molar-refractivity contribution in [1.29, 1.82) is 0 Å². The van der Waals surface area contributed by atoms with Crippen LogP contribution < -0.4 is 5.32 Å². The first-order chi connectivity index (χ1) is 10.0. The Labute approximate surface area is 134 Å². The van der Waals surface area contributed by atoms with Crippen molar-refractivity contribution in [3.05, 3.63) is 16.9 Å². The van der Waals surface area contributed by atoms with Crippen LogP contribution in [0.25, 0.3) is 0 Å². The zero-order valence-electron chi connectivity index (χ0n) is 14.2. The number of hydrogen-bond donors (Lipinski definition) is 1. The van der Waals surface area contributed by atoms with Gasteiger partial charge in [-0.2, -0.15) is 5.10 Å². The lowest BCUT2D eigenvalue weighted by Gasteiger charge is -2.27. The molecular formula is C16H31ClN4. The van der Waals surface area contributed by atoms with Crippen molar-refractivity contribution < 1.29 is 0 Å². The van der Waals surface area contributed by atoms with Gasteiger partial charge in [-0.25, -0.2) is 0 Å². The Hall–Kier alpha value is -0.580. The topological polar surface area (TPSA) is 33.1 Å². The maximum absolute atomic E-state index is 6.43. The fourth-order valence-electron chi connectivity index (χ4n) is 2.82. The van der Waals surface area contributed by atoms with Crippen molar-refractivity contribution in [2.24, 2.45) is 5.92 Å². The molecule has 2 unspecified atom stereocenters. The zero-order chi connectivity index (χ0) is 15.8. The molecule has 21 heavy (non-hydrogen) atoms. The second-order valence-electron chi connectivity index (χ2n) is 5.98. The van der Waals surface area contributed by atoms with E-state index >= 15 is 0 Å². The Balaban J connectivity index is 2.94. The summed E-state index contributed by atoms with van der Waals surface area (Å²) in [6.45, 7) is 6.35. The molecule has 1 aromatic rings. The second kappa shape index (κ2) is 9.44. The van der Waals surface area contributed by atoms with Gasteiger partial charge in [0.05, 0.1) is 29.5 Å². The van der Waals surface area contributed by atoms with Gasteiger partial charge in [0.1, 0.15) is 0 Å². The summed E-state index contributed by atoms with van der Waals surface area (Å²) in [6, 6.07) is 0.277. The third kappa shape index (κ3) is 5.28. The highest BCUT2D eigenvalue weighted by atomic mass is 35.5. The van der Waals surface area contributed by atoms with Crippen LogP contribution in [0.5, 0.6) is 0 Å². The SMILES string of the molecule is CCCCC(CC)C(NC)c1c(Cl)cnn1CCN(C)C. The summed E-state index contributed by atoms with van der Waals surface area (Å²) in [6.07, 6.45) is 6.67. The first-order valence-electron chi connectivity index (χ1n) is 8.08. The number of likely N-dealkylation sites (N-methyl/N-ethyl adjacent to an activating group) is 1. The predicted octanol–water partition coefficient (Wildman–Crippen LogP) is 3.58. The minimum atomic E-state index is 0.277. The van der Waals surface area contributed by atoms with Crippen molar-refractivity contribution in [3.8, 4) is 0 Å². The number of nitrogens with one attached hydrogen (secondary N) is 1. The highest BCUT2D eigenvalue weighted by molar-refractivity contribution is 6.31. The van der Waals surface area contributed by atoms with Gasteiger partial charge >= 0.3 is 0 Å². The van der Waals surface area contributed by atoms with Crippen molar-refractivity contribution in [2.75, 3.05) is 27.7 Å². The maximum Gasteiger partial charge on any atom is 0.0834 e. The van der Waals surface area contributed by atoms with E-state index < -0.39 is 0 Å². The van der Waals surface area contributed by atoms with Crippen molar-refractivity contribution in [2.45, 2.75) is 52.1 Å². The summed E-state index contributed by atoms with van der Waals surface area (Å²) in [7, 11) is 6.19. The Bertz CT molecular complexity index is 403. The van der Waals surface area contributed by atoms with Gasteiger partial charge < -0.3 is 10.2 Å². The average molecular weight is 315 g/mol. The molecule has 0 fully saturated rings. The van der Waals surface area contributed by atoms with E-state index in [0.29, 0.717) is 5.92 Å². The molecule has 2 atom stereocenters. The fraction of sp³-hybridized carbons (Fsp3) is 0.812. The molecule has 0 saturated heterocycles. The number of unbranched alkanes of at least 4 members (excludes halogenated alkanes) is 1. The van der Waals surface area contributed by atoms with Gasteiger partial charge in [-0.05, 0) is 33.5 Å². The Kier molecular flexibility index (Phi) is 8.30. The lowest BCUT2D eigenvalue weighted by Crippen LogP contribution is -2.29. The summed E-state index contributed by atoms with van der Waals surface area (Å²) < 4.78 is 2.07. The van der Waals surface area contributed by atoms with Crippen LogP contribution in [0.3, 0.4) is 0 Å². The van der Waals surface area contributed by atoms with Gasteiger partial charge in [-0.1, -0.05) is 44.7 Å². The number of nitrogens with zero attached hydrogens (tertiary/aromatic N) is 3. The molecule has 0 aromatic carbocycles. The summed E-state index contributed by atoms with van der Waals surface area (Å²) in [5, 5.41) is 8.73. The summed E-state index contributed by atoms with van der Waals surface area (Å²) in [5.41, 5.74) is 1.14. The van der Waals surface area contributed by atoms with Gasteiger partial charge in [0.15, 0.2) is 0 Å². The first kappa shape index (κ1) is 18.5. The van der Waals surface area contributed by atoms with E-state index in [-0.39, 0.29) is 6.04 Å². The van der Waals surface area contributed by atoms with E-state index in [2.05, 4.69) is 47.9 Å². The molecule has 0 aliphatic heterocycles. The predicted molar refractivity (Wildman–Crippen MR) is 90.9 cm³/mol. The lowest BCUT2D eigenvalue weighted by molar-refractivity contribution is 0.311. The van der Waals surface area contributed by atoms with Crippen LogP contribution in [-0.2, 0) is 6.54 Å². The molecule has 0 aliphatic carbocycles. The summed E-state index contributed by atoms with van der Waals surface area (Å²) >= 11 is 6.43. The molecule has 1 rings (SSSR count). The highest BCUT2D eigenvalue weighted by Crippen LogP contribution is 2.32. The molecule has 4 nitrogen and oxygen atoms in total. The molecule has 1 heterocycles. The van der Waals surface area contributed by atoms with Crippen LogP contribution >= 0.6 is 11.6 Å². The van der Waals surface area contributed by atoms with Crippen LogP contribution in [0.1, 0.15) is 51.3 Å². The molecular weight excluding hydrogens is 284 g/mol. The van der Waals surface area contributed by atoms with Crippen LogP contribution in [0.2, 0.25) is 5.02 Å². The van der Waals surface area contributed by atoms with E-state index in [1.807, 2.05) is 7.05 Å². The molecule has 1 N–H and O–H groups in total. The first-order valence-corrected chi connectivity index (χ1v) is 8.46. The Morgan fingerprint density at radius 3 is 2.62 bits per heavy atom. The number of rotatable bonds is 10. The number of halogens is 1. The second-order valence-corrected chi connectivity index (χ2v) is 6.39. The van der Waals surface area contributed by atoms with E-state index in [1.165, 1.54) is 19.3 Å². The molecule has 0 bridgehead atoms. The molecule has 5 heteroatoms. The largest absolute Gasteiger partial charge is 0.311 e. The van der Waals surface area contributed by atoms with Crippen LogP contribution in [0.4, 0.5) is 0 Å². The summed E-state index contributed by atoms with van der Waals surface area (Å²) in [5.74, 6) is 0.599. The van der Waals surface area contributed by atoms with Gasteiger partial charge in [0.2, 0.25) is 0 Å². The minimum absolute atomic E-state index is 0.277. The molecule has 0 radical (unpaired) electrons. The molecule has 0 amide bonds. The molecule has 122 valence electrons. The van der Waals surface area contributed by atoms with Gasteiger partial charge in [-0.3, -0.25) is 4.68 Å². The number of hydrogen-bond acceptors (Lipinski definition) is 3. The van der Waals surface area contributed by atoms with Crippen LogP contribution in [0, 0.1) is 5.92 Å². The molecule has 0 saturated carbocycles. The van der Waals surface area contributed by atoms with Crippen LogP contribution in [-0.4, -0.2) is 42.4 Å². The lowest BCUT2D eigenvalue weighted by atomic mass is 9.89. The number of aromatic nitrogens is 2. The quantitative estimate of drug-likeness (QED) is 0.716. The molecule has 1 aromatic heterocycles. The van der Waals surface area contributed by atoms with Crippen LogP contribution in [0.15, 0.2) is 6.20 Å². The van der Waals surface area contributed by atoms with E-state index in [4.69, 9.17) is 11.6 Å². The monoisotopic (exact) mass is 314 g/mol. The van der Waals surface area contributed by atoms with Gasteiger partial charge in [0, 0.05) is 6.54 Å². The van der Waals surface area contributed by atoms with Gasteiger partial charge in [-0.15, -0.1) is 0 Å². The highest BCUT2D eigenvalue weighted by Gasteiger charge is 2.25. The minimum Gasteiger partial charge on any atom is -0.311 e. The standard InChI is InChI=1S/C16H31ClN4/c1-6-8-9-13(7-2)15(18-3)16-14(17)12-19-21(16)11-10-20(4)5/h12-13,15,18H,6-11H2,1-5H3. The van der Waals surface area contributed by atoms with Crippen molar-refractivity contribution in [1.82, 2.24) is 20.0 Å². The van der Waals surface area contributed by atoms with Crippen molar-refractivity contribution >= 4 is 11.6 Å². The third-order valence-corrected chi connectivity index (χ3v) is 4.41. The molecule has 0 spiro atoms. The maximum atomic E-state index is 6.43. The Morgan fingerprint density at radius 2 is 2.10 bits per heavy atom. The third-order valence-electron chi connectivity index (χ3n) is 4.12. The normalized spacial score (nSPS) is 14.6. The zero-order valence-corrected chi connectivity index (χ0v) is 15.0. The molecule has 0 aliphatic rings. The van der Waals surface area contributed by atoms with E-state index in [1.54, 1.807) is 6.20 Å². The van der Waals surface area contributed by atoms with E-state index in [9.17, 15) is 0 Å².